The second kappa shape index (κ2) is 8.22. The predicted octanol–water partition coefficient (Wildman–Crippen LogP) is 1.34. The van der Waals surface area contributed by atoms with E-state index in [0.717, 1.165) is 39.1 Å². The van der Waals surface area contributed by atoms with Crippen LogP contribution in [0.2, 0.25) is 0 Å². The van der Waals surface area contributed by atoms with Gasteiger partial charge in [0.15, 0.2) is 0 Å². The summed E-state index contributed by atoms with van der Waals surface area (Å²) < 4.78 is 15.4. The number of nitrogens with zero attached hydrogens (tertiary/aromatic N) is 3. The van der Waals surface area contributed by atoms with Gasteiger partial charge in [-0.25, -0.2) is 9.07 Å². The number of piperazine rings is 1. The Kier molecular flexibility index (Phi) is 5.78. The molecular weight excluding hydrogens is 321 g/mol. The van der Waals surface area contributed by atoms with Crippen LogP contribution >= 0.6 is 0 Å². The molecule has 3 rings (SSSR count). The number of para-hydroxylation sites is 1. The molecule has 1 amide bonds. The fourth-order valence-electron chi connectivity index (χ4n) is 3.03. The average molecular weight is 345 g/mol. The lowest BCUT2D eigenvalue weighted by Crippen LogP contribution is -2.44. The van der Waals surface area contributed by atoms with Gasteiger partial charge in [0.2, 0.25) is 0 Å². The van der Waals surface area contributed by atoms with E-state index in [-0.39, 0.29) is 11.7 Å². The van der Waals surface area contributed by atoms with Crippen LogP contribution in [0.3, 0.4) is 0 Å². The highest BCUT2D eigenvalue weighted by molar-refractivity contribution is 5.95. The smallest absolute Gasteiger partial charge is 0.254 e. The molecule has 1 aliphatic rings. The molecule has 1 aliphatic heterocycles. The van der Waals surface area contributed by atoms with Crippen molar-refractivity contribution in [3.05, 3.63) is 47.5 Å². The van der Waals surface area contributed by atoms with Gasteiger partial charge in [-0.3, -0.25) is 4.79 Å². The highest BCUT2D eigenvalue weighted by atomic mass is 19.1. The third-order valence-corrected chi connectivity index (χ3v) is 4.48. The standard InChI is InChI=1S/C18H24FN5O/c1-14-15(13-22-24(14)17-6-3-2-5-16(17)19)18(25)21-7-4-10-23-11-8-20-9-12-23/h2-3,5-6,13,20H,4,7-12H2,1H3,(H,21,25). The van der Waals surface area contributed by atoms with Gasteiger partial charge in [-0.05, 0) is 32.0 Å². The van der Waals surface area contributed by atoms with Crippen molar-refractivity contribution >= 4 is 5.91 Å². The van der Waals surface area contributed by atoms with E-state index in [2.05, 4.69) is 20.6 Å². The molecule has 2 heterocycles. The van der Waals surface area contributed by atoms with E-state index in [9.17, 15) is 9.18 Å². The summed E-state index contributed by atoms with van der Waals surface area (Å²) in [4.78, 5) is 14.8. The van der Waals surface area contributed by atoms with E-state index in [1.54, 1.807) is 25.1 Å². The molecule has 0 unspecified atom stereocenters. The Balaban J connectivity index is 1.55. The summed E-state index contributed by atoms with van der Waals surface area (Å²) in [7, 11) is 0. The van der Waals surface area contributed by atoms with E-state index < -0.39 is 0 Å². The second-order valence-corrected chi connectivity index (χ2v) is 6.21. The SMILES string of the molecule is Cc1c(C(=O)NCCCN2CCNCC2)cnn1-c1ccccc1F. The molecule has 0 bridgehead atoms. The molecule has 0 spiro atoms. The quantitative estimate of drug-likeness (QED) is 0.776. The Labute approximate surface area is 147 Å². The number of amides is 1. The van der Waals surface area contributed by atoms with Gasteiger partial charge in [0.25, 0.3) is 5.91 Å². The van der Waals surface area contributed by atoms with Gasteiger partial charge in [-0.1, -0.05) is 12.1 Å². The van der Waals surface area contributed by atoms with Gasteiger partial charge in [0.05, 0.1) is 17.5 Å². The van der Waals surface area contributed by atoms with Crippen molar-refractivity contribution in [3.63, 3.8) is 0 Å². The minimum atomic E-state index is -0.364. The van der Waals surface area contributed by atoms with Crippen molar-refractivity contribution in [1.29, 1.82) is 0 Å². The molecule has 2 N–H and O–H groups in total. The zero-order valence-corrected chi connectivity index (χ0v) is 14.5. The summed E-state index contributed by atoms with van der Waals surface area (Å²) in [5.41, 5.74) is 1.45. The summed E-state index contributed by atoms with van der Waals surface area (Å²) >= 11 is 0. The minimum absolute atomic E-state index is 0.166. The number of halogens is 1. The van der Waals surface area contributed by atoms with E-state index >= 15 is 0 Å². The number of carbonyl (C=O) groups is 1. The summed E-state index contributed by atoms with van der Waals surface area (Å²) in [6.07, 6.45) is 2.40. The van der Waals surface area contributed by atoms with E-state index in [0.29, 0.717) is 23.5 Å². The number of aromatic nitrogens is 2. The van der Waals surface area contributed by atoms with E-state index in [1.165, 1.54) is 16.9 Å². The maximum atomic E-state index is 13.9. The van der Waals surface area contributed by atoms with Crippen LogP contribution in [0.4, 0.5) is 4.39 Å². The summed E-state index contributed by atoms with van der Waals surface area (Å²) in [5, 5.41) is 10.4. The Bertz CT molecular complexity index is 724. The minimum Gasteiger partial charge on any atom is -0.352 e. The first-order chi connectivity index (χ1) is 12.2. The fourth-order valence-corrected chi connectivity index (χ4v) is 3.03. The molecule has 25 heavy (non-hydrogen) atoms. The van der Waals surface area contributed by atoms with Crippen molar-refractivity contribution in [2.24, 2.45) is 0 Å². The van der Waals surface area contributed by atoms with Crippen molar-refractivity contribution in [1.82, 2.24) is 25.3 Å². The largest absolute Gasteiger partial charge is 0.352 e. The highest BCUT2D eigenvalue weighted by Gasteiger charge is 2.16. The Hall–Kier alpha value is -2.25. The normalized spacial score (nSPS) is 15.3. The van der Waals surface area contributed by atoms with Gasteiger partial charge in [-0.15, -0.1) is 0 Å². The Morgan fingerprint density at radius 3 is 2.84 bits per heavy atom. The van der Waals surface area contributed by atoms with Gasteiger partial charge in [-0.2, -0.15) is 5.10 Å². The van der Waals surface area contributed by atoms with Crippen molar-refractivity contribution in [2.75, 3.05) is 39.3 Å². The first-order valence-electron chi connectivity index (χ1n) is 8.67. The molecule has 0 aliphatic carbocycles. The molecule has 7 heteroatoms. The Morgan fingerprint density at radius 1 is 1.32 bits per heavy atom. The van der Waals surface area contributed by atoms with Crippen LogP contribution < -0.4 is 10.6 Å². The molecule has 0 radical (unpaired) electrons. The van der Waals surface area contributed by atoms with Crippen LogP contribution in [0, 0.1) is 12.7 Å². The topological polar surface area (TPSA) is 62.2 Å². The van der Waals surface area contributed by atoms with Crippen LogP contribution in [0.5, 0.6) is 0 Å². The monoisotopic (exact) mass is 345 g/mol. The number of hydrogen-bond acceptors (Lipinski definition) is 4. The molecule has 2 aromatic rings. The lowest BCUT2D eigenvalue weighted by Gasteiger charge is -2.27. The molecule has 1 aromatic carbocycles. The zero-order valence-electron chi connectivity index (χ0n) is 14.5. The van der Waals surface area contributed by atoms with Crippen LogP contribution in [0.25, 0.3) is 5.69 Å². The summed E-state index contributed by atoms with van der Waals surface area (Å²) in [6, 6.07) is 6.40. The third-order valence-electron chi connectivity index (χ3n) is 4.48. The van der Waals surface area contributed by atoms with Crippen molar-refractivity contribution in [2.45, 2.75) is 13.3 Å². The average Bonchev–Trinajstić information content (AvgIpc) is 3.01. The van der Waals surface area contributed by atoms with Crippen molar-refractivity contribution < 1.29 is 9.18 Å². The first-order valence-corrected chi connectivity index (χ1v) is 8.67. The zero-order chi connectivity index (χ0) is 17.6. The fraction of sp³-hybridized carbons (Fsp3) is 0.444. The lowest BCUT2D eigenvalue weighted by atomic mass is 10.2. The molecule has 6 nitrogen and oxygen atoms in total. The molecule has 134 valence electrons. The molecule has 0 atom stereocenters. The lowest BCUT2D eigenvalue weighted by molar-refractivity contribution is 0.0950. The number of rotatable bonds is 6. The number of nitrogens with one attached hydrogen (secondary N) is 2. The highest BCUT2D eigenvalue weighted by Crippen LogP contribution is 2.16. The molecule has 1 saturated heterocycles. The summed E-state index contributed by atoms with van der Waals surface area (Å²) in [6.45, 7) is 7.55. The maximum Gasteiger partial charge on any atom is 0.254 e. The van der Waals surface area contributed by atoms with E-state index in [4.69, 9.17) is 0 Å². The number of carbonyl (C=O) groups excluding carboxylic acids is 1. The summed E-state index contributed by atoms with van der Waals surface area (Å²) in [5.74, 6) is -0.530. The predicted molar refractivity (Wildman–Crippen MR) is 94.5 cm³/mol. The second-order valence-electron chi connectivity index (χ2n) is 6.21. The van der Waals surface area contributed by atoms with Crippen LogP contribution in [-0.4, -0.2) is 59.9 Å². The van der Waals surface area contributed by atoms with Crippen LogP contribution in [-0.2, 0) is 0 Å². The van der Waals surface area contributed by atoms with Crippen LogP contribution in [0.1, 0.15) is 22.5 Å². The van der Waals surface area contributed by atoms with E-state index in [1.807, 2.05) is 0 Å². The number of hydrogen-bond donors (Lipinski definition) is 2. The maximum absolute atomic E-state index is 13.9. The number of benzene rings is 1. The van der Waals surface area contributed by atoms with Gasteiger partial charge in [0, 0.05) is 32.7 Å². The first kappa shape index (κ1) is 17.6. The molecular formula is C18H24FN5O. The molecule has 1 aromatic heterocycles. The van der Waals surface area contributed by atoms with Gasteiger partial charge >= 0.3 is 0 Å². The molecule has 1 fully saturated rings. The van der Waals surface area contributed by atoms with Crippen molar-refractivity contribution in [3.8, 4) is 5.69 Å². The van der Waals surface area contributed by atoms with Gasteiger partial charge in [0.1, 0.15) is 11.5 Å². The van der Waals surface area contributed by atoms with Crippen LogP contribution in [0.15, 0.2) is 30.5 Å². The Morgan fingerprint density at radius 2 is 2.08 bits per heavy atom. The molecule has 0 saturated carbocycles. The van der Waals surface area contributed by atoms with Gasteiger partial charge < -0.3 is 15.5 Å². The third kappa shape index (κ3) is 4.24.